The number of ether oxygens (including phenoxy) is 1. The first-order valence-electron chi connectivity index (χ1n) is 13.6. The molecular weight excluding hydrogens is 484 g/mol. The number of carbonyl (C=O) groups excluding carboxylic acids is 1. The topological polar surface area (TPSA) is 77.9 Å². The second-order valence-corrected chi connectivity index (χ2v) is 11.3. The van der Waals surface area contributed by atoms with E-state index >= 15 is 0 Å². The highest BCUT2D eigenvalue weighted by Crippen LogP contribution is 2.38. The number of para-hydroxylation sites is 1. The highest BCUT2D eigenvalue weighted by atomic mass is 32.1. The zero-order valence-corrected chi connectivity index (χ0v) is 22.5. The molecule has 1 saturated carbocycles. The monoisotopic (exact) mass is 522 g/mol. The standard InChI is InChI=1S/C29H38N4O3S/c1-21(22-8-3-2-4-9-22)30-29(35)36-28-23-10-5-6-11-25(23)31-27(26-12-7-19-37-26)24(28)20-33-15-13-32(14-16-33)17-18-34/h5-7,10-12,19,21-22,34H,2-4,8-9,13-18,20H2,1H3,(H,30,35)/t21-/m0/s1. The van der Waals surface area contributed by atoms with Gasteiger partial charge in [0.15, 0.2) is 0 Å². The van der Waals surface area contributed by atoms with Gasteiger partial charge < -0.3 is 15.2 Å². The molecule has 3 aromatic rings. The fourth-order valence-corrected chi connectivity index (χ4v) is 6.44. The molecule has 1 aliphatic heterocycles. The summed E-state index contributed by atoms with van der Waals surface area (Å²) in [4.78, 5) is 24.1. The summed E-state index contributed by atoms with van der Waals surface area (Å²) in [5, 5.41) is 15.4. The van der Waals surface area contributed by atoms with Crippen molar-refractivity contribution in [2.45, 2.75) is 51.6 Å². The molecule has 198 valence electrons. The largest absolute Gasteiger partial charge is 0.412 e. The number of pyridine rings is 1. The van der Waals surface area contributed by atoms with E-state index < -0.39 is 0 Å². The summed E-state index contributed by atoms with van der Waals surface area (Å²) in [6.07, 6.45) is 5.70. The number of hydrogen-bond acceptors (Lipinski definition) is 7. The predicted molar refractivity (Wildman–Crippen MR) is 149 cm³/mol. The van der Waals surface area contributed by atoms with Crippen molar-refractivity contribution in [3.05, 3.63) is 47.3 Å². The molecule has 2 aromatic heterocycles. The Morgan fingerprint density at radius 2 is 1.86 bits per heavy atom. The number of rotatable bonds is 8. The van der Waals surface area contributed by atoms with E-state index in [9.17, 15) is 9.90 Å². The number of aromatic nitrogens is 1. The van der Waals surface area contributed by atoms with Crippen molar-refractivity contribution in [3.63, 3.8) is 0 Å². The molecule has 37 heavy (non-hydrogen) atoms. The van der Waals surface area contributed by atoms with E-state index in [2.05, 4.69) is 33.5 Å². The van der Waals surface area contributed by atoms with Crippen LogP contribution in [0.2, 0.25) is 0 Å². The maximum absolute atomic E-state index is 13.3. The van der Waals surface area contributed by atoms with E-state index in [1.54, 1.807) is 11.3 Å². The molecular formula is C29H38N4O3S. The van der Waals surface area contributed by atoms with Crippen molar-refractivity contribution >= 4 is 28.3 Å². The van der Waals surface area contributed by atoms with Gasteiger partial charge in [-0.05, 0) is 49.3 Å². The lowest BCUT2D eigenvalue weighted by Crippen LogP contribution is -2.46. The van der Waals surface area contributed by atoms with E-state index in [0.717, 1.165) is 66.1 Å². The van der Waals surface area contributed by atoms with E-state index in [-0.39, 0.29) is 18.7 Å². The second-order valence-electron chi connectivity index (χ2n) is 10.3. The summed E-state index contributed by atoms with van der Waals surface area (Å²) in [5.41, 5.74) is 2.66. The molecule has 1 aromatic carbocycles. The summed E-state index contributed by atoms with van der Waals surface area (Å²) >= 11 is 1.65. The van der Waals surface area contributed by atoms with Gasteiger partial charge in [0.1, 0.15) is 5.75 Å². The van der Waals surface area contributed by atoms with Crippen molar-refractivity contribution in [1.82, 2.24) is 20.1 Å². The first-order chi connectivity index (χ1) is 18.1. The van der Waals surface area contributed by atoms with E-state index in [1.807, 2.05) is 30.3 Å². The van der Waals surface area contributed by atoms with Crippen molar-refractivity contribution in [2.24, 2.45) is 5.92 Å². The van der Waals surface area contributed by atoms with Crippen molar-refractivity contribution in [2.75, 3.05) is 39.3 Å². The molecule has 1 atom stereocenters. The average Bonchev–Trinajstić information content (AvgIpc) is 3.46. The molecule has 2 aliphatic rings. The van der Waals surface area contributed by atoms with Gasteiger partial charge in [-0.1, -0.05) is 37.5 Å². The summed E-state index contributed by atoms with van der Waals surface area (Å²) < 4.78 is 6.20. The van der Waals surface area contributed by atoms with Gasteiger partial charge in [0, 0.05) is 56.3 Å². The number of fused-ring (bicyclic) bond motifs is 1. The SMILES string of the molecule is C[C@H](NC(=O)Oc1c(CN2CCN(CCO)CC2)c(-c2cccs2)nc2ccccc12)C1CCCCC1. The number of β-amino-alcohol motifs (C(OH)–C–C–N with tert-alkyl or cyclic N) is 1. The van der Waals surface area contributed by atoms with Crippen LogP contribution in [0.25, 0.3) is 21.5 Å². The van der Waals surface area contributed by atoms with Crippen LogP contribution in [0.5, 0.6) is 5.75 Å². The van der Waals surface area contributed by atoms with Crippen LogP contribution in [0, 0.1) is 5.92 Å². The van der Waals surface area contributed by atoms with Crippen molar-refractivity contribution in [1.29, 1.82) is 0 Å². The Bertz CT molecular complexity index is 1170. The molecule has 0 spiro atoms. The summed E-state index contributed by atoms with van der Waals surface area (Å²) in [6, 6.07) is 12.1. The third-order valence-electron chi connectivity index (χ3n) is 7.86. The first-order valence-corrected chi connectivity index (χ1v) is 14.5. The van der Waals surface area contributed by atoms with Gasteiger partial charge in [-0.25, -0.2) is 9.78 Å². The number of benzene rings is 1. The normalized spacial score (nSPS) is 18.6. The lowest BCUT2D eigenvalue weighted by molar-refractivity contribution is 0.108. The van der Waals surface area contributed by atoms with Crippen LogP contribution < -0.4 is 10.1 Å². The number of amides is 1. The van der Waals surface area contributed by atoms with Crippen LogP contribution in [0.15, 0.2) is 41.8 Å². The molecule has 1 aliphatic carbocycles. The molecule has 3 heterocycles. The highest BCUT2D eigenvalue weighted by molar-refractivity contribution is 7.13. The van der Waals surface area contributed by atoms with Crippen molar-refractivity contribution < 1.29 is 14.6 Å². The number of aliphatic hydroxyl groups is 1. The molecule has 0 radical (unpaired) electrons. The Kier molecular flexibility index (Phi) is 8.71. The number of thiophene rings is 1. The predicted octanol–water partition coefficient (Wildman–Crippen LogP) is 5.13. The Balaban J connectivity index is 1.45. The summed E-state index contributed by atoms with van der Waals surface area (Å²) in [5.74, 6) is 1.12. The smallest absolute Gasteiger partial charge is 0.409 e. The van der Waals surface area contributed by atoms with Gasteiger partial charge in [-0.2, -0.15) is 0 Å². The minimum absolute atomic E-state index is 0.0840. The fraction of sp³-hybridized carbons (Fsp3) is 0.517. The number of nitrogens with zero attached hydrogens (tertiary/aromatic N) is 3. The zero-order valence-electron chi connectivity index (χ0n) is 21.7. The number of hydrogen-bond donors (Lipinski definition) is 2. The van der Waals surface area contributed by atoms with Gasteiger partial charge in [0.05, 0.1) is 22.7 Å². The molecule has 2 N–H and O–H groups in total. The van der Waals surface area contributed by atoms with Crippen LogP contribution in [-0.2, 0) is 6.54 Å². The summed E-state index contributed by atoms with van der Waals surface area (Å²) in [6.45, 7) is 7.24. The lowest BCUT2D eigenvalue weighted by Gasteiger charge is -2.35. The highest BCUT2D eigenvalue weighted by Gasteiger charge is 2.26. The second kappa shape index (κ2) is 12.3. The molecule has 1 amide bonds. The molecule has 2 fully saturated rings. The molecule has 0 unspecified atom stereocenters. The first kappa shape index (κ1) is 26.1. The molecule has 8 heteroatoms. The van der Waals surface area contributed by atoms with Crippen molar-refractivity contribution in [3.8, 4) is 16.3 Å². The maximum Gasteiger partial charge on any atom is 0.412 e. The minimum atomic E-state index is -0.388. The molecule has 1 saturated heterocycles. The Hall–Kier alpha value is -2.52. The fourth-order valence-electron chi connectivity index (χ4n) is 5.70. The average molecular weight is 523 g/mol. The number of aliphatic hydroxyl groups excluding tert-OH is 1. The van der Waals surface area contributed by atoms with E-state index in [0.29, 0.717) is 24.8 Å². The minimum Gasteiger partial charge on any atom is -0.409 e. The Labute approximate surface area is 223 Å². The Morgan fingerprint density at radius 1 is 1.11 bits per heavy atom. The number of carbonyl (C=O) groups is 1. The van der Waals surface area contributed by atoms with E-state index in [4.69, 9.17) is 9.72 Å². The maximum atomic E-state index is 13.3. The van der Waals surface area contributed by atoms with Gasteiger partial charge in [-0.15, -0.1) is 11.3 Å². The zero-order chi connectivity index (χ0) is 25.6. The van der Waals surface area contributed by atoms with Gasteiger partial charge in [-0.3, -0.25) is 9.80 Å². The van der Waals surface area contributed by atoms with Crippen LogP contribution in [0.3, 0.4) is 0 Å². The Morgan fingerprint density at radius 3 is 2.59 bits per heavy atom. The number of nitrogens with one attached hydrogen (secondary N) is 1. The van der Waals surface area contributed by atoms with Gasteiger partial charge in [0.2, 0.25) is 0 Å². The van der Waals surface area contributed by atoms with Gasteiger partial charge in [0.25, 0.3) is 0 Å². The van der Waals surface area contributed by atoms with Crippen LogP contribution in [0.1, 0.15) is 44.6 Å². The molecule has 7 nitrogen and oxygen atoms in total. The van der Waals surface area contributed by atoms with Crippen LogP contribution in [-0.4, -0.2) is 71.4 Å². The third-order valence-corrected chi connectivity index (χ3v) is 8.73. The quantitative estimate of drug-likeness (QED) is 0.427. The number of piperazine rings is 1. The van der Waals surface area contributed by atoms with Gasteiger partial charge >= 0.3 is 6.09 Å². The third kappa shape index (κ3) is 6.32. The molecule has 5 rings (SSSR count). The molecule has 0 bridgehead atoms. The lowest BCUT2D eigenvalue weighted by atomic mass is 9.85. The van der Waals surface area contributed by atoms with Crippen LogP contribution in [0.4, 0.5) is 4.79 Å². The van der Waals surface area contributed by atoms with Crippen LogP contribution >= 0.6 is 11.3 Å². The summed E-state index contributed by atoms with van der Waals surface area (Å²) in [7, 11) is 0. The van der Waals surface area contributed by atoms with E-state index in [1.165, 1.54) is 19.3 Å².